The predicted octanol–water partition coefficient (Wildman–Crippen LogP) is 2.06. The Morgan fingerprint density at radius 2 is 2.42 bits per heavy atom. The number of rotatable bonds is 0. The van der Waals surface area contributed by atoms with Crippen molar-refractivity contribution in [2.24, 2.45) is 0 Å². The zero-order valence-corrected chi connectivity index (χ0v) is 8.48. The van der Waals surface area contributed by atoms with E-state index in [0.29, 0.717) is 16.2 Å². The lowest BCUT2D eigenvalue weighted by atomic mass is 10.3. The topological polar surface area (TPSA) is 38.9 Å². The van der Waals surface area contributed by atoms with Gasteiger partial charge in [-0.05, 0) is 6.07 Å². The summed E-state index contributed by atoms with van der Waals surface area (Å²) in [4.78, 5) is 3.85. The van der Waals surface area contributed by atoms with Gasteiger partial charge in [-0.2, -0.15) is 0 Å². The van der Waals surface area contributed by atoms with E-state index in [1.165, 1.54) is 0 Å². The van der Waals surface area contributed by atoms with Crippen molar-refractivity contribution < 1.29 is 0 Å². The first-order valence-corrected chi connectivity index (χ1v) is 4.70. The van der Waals surface area contributed by atoms with Gasteiger partial charge >= 0.3 is 0 Å². The number of hydrogen-bond donors (Lipinski definition) is 1. The highest BCUT2D eigenvalue weighted by Crippen LogP contribution is 2.15. The molecule has 0 bridgehead atoms. The highest BCUT2D eigenvalue weighted by molar-refractivity contribution is 9.09. The van der Waals surface area contributed by atoms with Crippen LogP contribution in [-0.4, -0.2) is 10.3 Å². The number of nitrogens with two attached hydrogens (primary N) is 1. The summed E-state index contributed by atoms with van der Waals surface area (Å²) in [5.41, 5.74) is 6.75. The molecule has 12 heavy (non-hydrogen) atoms. The van der Waals surface area contributed by atoms with Crippen molar-refractivity contribution in [2.75, 3.05) is 11.1 Å². The summed E-state index contributed by atoms with van der Waals surface area (Å²) in [6.07, 6.45) is 1.59. The lowest BCUT2D eigenvalue weighted by molar-refractivity contribution is 1.32. The van der Waals surface area contributed by atoms with E-state index in [0.717, 1.165) is 5.56 Å². The van der Waals surface area contributed by atoms with Crippen molar-refractivity contribution in [2.45, 2.75) is 0 Å². The Balaban J connectivity index is 2.97. The average molecular weight is 246 g/mol. The van der Waals surface area contributed by atoms with Crippen LogP contribution in [0.3, 0.4) is 0 Å². The van der Waals surface area contributed by atoms with Gasteiger partial charge in [0.05, 0.1) is 11.0 Å². The molecule has 0 fully saturated rings. The van der Waals surface area contributed by atoms with Crippen molar-refractivity contribution in [1.82, 2.24) is 4.98 Å². The van der Waals surface area contributed by atoms with E-state index in [1.807, 2.05) is 0 Å². The van der Waals surface area contributed by atoms with E-state index in [1.54, 1.807) is 12.3 Å². The zero-order chi connectivity index (χ0) is 8.97. The zero-order valence-electron chi connectivity index (χ0n) is 6.14. The minimum atomic E-state index is 0.319. The summed E-state index contributed by atoms with van der Waals surface area (Å²) in [6.45, 7) is 0. The standard InChI is InChI=1S/C8H6BrClN2/c9-3-1-2-6-4-7(11)8(10)12-5-6/h4-5H,3,11H2. The Kier molecular flexibility index (Phi) is 3.39. The van der Waals surface area contributed by atoms with E-state index >= 15 is 0 Å². The third-order valence-corrected chi connectivity index (χ3v) is 1.76. The average Bonchev–Trinajstić information content (AvgIpc) is 2.07. The molecule has 0 unspecified atom stereocenters. The van der Waals surface area contributed by atoms with Gasteiger partial charge in [-0.3, -0.25) is 0 Å². The highest BCUT2D eigenvalue weighted by Gasteiger charge is 1.96. The molecule has 0 aliphatic heterocycles. The van der Waals surface area contributed by atoms with Gasteiger partial charge < -0.3 is 5.73 Å². The number of nitrogen functional groups attached to an aromatic ring is 1. The van der Waals surface area contributed by atoms with Crippen LogP contribution in [0.25, 0.3) is 0 Å². The molecule has 0 spiro atoms. The number of pyridine rings is 1. The summed E-state index contributed by atoms with van der Waals surface area (Å²) in [5.74, 6) is 5.70. The SMILES string of the molecule is Nc1cc(C#CCBr)cnc1Cl. The maximum Gasteiger partial charge on any atom is 0.151 e. The molecule has 1 aromatic heterocycles. The van der Waals surface area contributed by atoms with E-state index in [9.17, 15) is 0 Å². The van der Waals surface area contributed by atoms with E-state index in [4.69, 9.17) is 17.3 Å². The fourth-order valence-corrected chi connectivity index (χ4v) is 0.912. The summed E-state index contributed by atoms with van der Waals surface area (Å²) < 4.78 is 0. The van der Waals surface area contributed by atoms with Crippen molar-refractivity contribution in [3.8, 4) is 11.8 Å². The van der Waals surface area contributed by atoms with Crippen LogP contribution in [0.2, 0.25) is 5.15 Å². The Morgan fingerprint density at radius 1 is 1.67 bits per heavy atom. The molecule has 1 aromatic rings. The minimum absolute atomic E-state index is 0.319. The van der Waals surface area contributed by atoms with Crippen molar-refractivity contribution >= 4 is 33.2 Å². The minimum Gasteiger partial charge on any atom is -0.396 e. The van der Waals surface area contributed by atoms with Gasteiger partial charge in [0, 0.05) is 11.8 Å². The van der Waals surface area contributed by atoms with Gasteiger partial charge in [0.2, 0.25) is 0 Å². The fourth-order valence-electron chi connectivity index (χ4n) is 0.669. The van der Waals surface area contributed by atoms with Crippen LogP contribution in [0.5, 0.6) is 0 Å². The Morgan fingerprint density at radius 3 is 3.00 bits per heavy atom. The fraction of sp³-hybridized carbons (Fsp3) is 0.125. The first-order valence-electron chi connectivity index (χ1n) is 3.20. The molecular formula is C8H6BrClN2. The number of hydrogen-bond acceptors (Lipinski definition) is 2. The van der Waals surface area contributed by atoms with Gasteiger partial charge in [0.25, 0.3) is 0 Å². The van der Waals surface area contributed by atoms with Gasteiger partial charge in [0.15, 0.2) is 5.15 Å². The number of aromatic nitrogens is 1. The van der Waals surface area contributed by atoms with Crippen molar-refractivity contribution in [1.29, 1.82) is 0 Å². The molecule has 0 saturated carbocycles. The normalized spacial score (nSPS) is 8.83. The van der Waals surface area contributed by atoms with Crippen LogP contribution < -0.4 is 5.73 Å². The summed E-state index contributed by atoms with van der Waals surface area (Å²) in [5, 5.41) is 0.953. The van der Waals surface area contributed by atoms with E-state index < -0.39 is 0 Å². The maximum atomic E-state index is 5.62. The molecule has 1 heterocycles. The molecule has 1 rings (SSSR count). The van der Waals surface area contributed by atoms with E-state index in [2.05, 4.69) is 32.8 Å². The summed E-state index contributed by atoms with van der Waals surface area (Å²) in [6, 6.07) is 1.70. The first-order chi connectivity index (χ1) is 5.74. The molecule has 0 aliphatic carbocycles. The molecule has 0 saturated heterocycles. The van der Waals surface area contributed by atoms with Crippen molar-refractivity contribution in [3.05, 3.63) is 23.0 Å². The molecule has 2 N–H and O–H groups in total. The van der Waals surface area contributed by atoms with Gasteiger partial charge in [-0.1, -0.05) is 39.4 Å². The quantitative estimate of drug-likeness (QED) is 0.432. The molecule has 0 aromatic carbocycles. The van der Waals surface area contributed by atoms with Crippen molar-refractivity contribution in [3.63, 3.8) is 0 Å². The van der Waals surface area contributed by atoms with Crippen LogP contribution in [0.1, 0.15) is 5.56 Å². The Labute approximate surface area is 84.3 Å². The molecule has 0 aliphatic rings. The predicted molar refractivity (Wildman–Crippen MR) is 54.3 cm³/mol. The van der Waals surface area contributed by atoms with Crippen LogP contribution in [-0.2, 0) is 0 Å². The molecule has 0 amide bonds. The molecular weight excluding hydrogens is 239 g/mol. The summed E-state index contributed by atoms with van der Waals surface area (Å²) >= 11 is 8.81. The number of nitrogens with zero attached hydrogens (tertiary/aromatic N) is 1. The second-order valence-corrected chi connectivity index (χ2v) is 2.96. The molecule has 4 heteroatoms. The van der Waals surface area contributed by atoms with Crippen LogP contribution in [0, 0.1) is 11.8 Å². The lowest BCUT2D eigenvalue weighted by Crippen LogP contribution is -1.90. The molecule has 0 radical (unpaired) electrons. The number of halogens is 2. The molecule has 62 valence electrons. The lowest BCUT2D eigenvalue weighted by Gasteiger charge is -1.95. The van der Waals surface area contributed by atoms with E-state index in [-0.39, 0.29) is 0 Å². The monoisotopic (exact) mass is 244 g/mol. The second-order valence-electron chi connectivity index (χ2n) is 2.04. The number of alkyl halides is 1. The first kappa shape index (κ1) is 9.37. The summed E-state index contributed by atoms with van der Waals surface area (Å²) in [7, 11) is 0. The van der Waals surface area contributed by atoms with Crippen LogP contribution in [0.15, 0.2) is 12.3 Å². The van der Waals surface area contributed by atoms with Crippen LogP contribution in [0.4, 0.5) is 5.69 Å². The Hall–Kier alpha value is -0.720. The Bertz CT molecular complexity index is 341. The smallest absolute Gasteiger partial charge is 0.151 e. The second kappa shape index (κ2) is 4.34. The number of anilines is 1. The van der Waals surface area contributed by atoms with Crippen LogP contribution >= 0.6 is 27.5 Å². The molecule has 2 nitrogen and oxygen atoms in total. The van der Waals surface area contributed by atoms with Gasteiger partial charge in [0.1, 0.15) is 0 Å². The van der Waals surface area contributed by atoms with Gasteiger partial charge in [-0.15, -0.1) is 0 Å². The highest BCUT2D eigenvalue weighted by atomic mass is 79.9. The third kappa shape index (κ3) is 2.40. The maximum absolute atomic E-state index is 5.62. The largest absolute Gasteiger partial charge is 0.396 e. The molecule has 0 atom stereocenters. The third-order valence-electron chi connectivity index (χ3n) is 1.17. The van der Waals surface area contributed by atoms with Gasteiger partial charge in [-0.25, -0.2) is 4.98 Å².